The van der Waals surface area contributed by atoms with Gasteiger partial charge in [-0.3, -0.25) is 0 Å². The van der Waals surface area contributed by atoms with Crippen LogP contribution in [0.3, 0.4) is 0 Å². The Morgan fingerprint density at radius 3 is 2.78 bits per heavy atom. The van der Waals surface area contributed by atoms with Gasteiger partial charge in [0, 0.05) is 25.8 Å². The molecule has 0 aliphatic heterocycles. The van der Waals surface area contributed by atoms with Gasteiger partial charge in [-0.25, -0.2) is 0 Å². The highest BCUT2D eigenvalue weighted by molar-refractivity contribution is 4.89. The molecule has 0 aromatic rings. The van der Waals surface area contributed by atoms with E-state index in [0.29, 0.717) is 0 Å². The zero-order valence-electron chi connectivity index (χ0n) is 6.24. The Morgan fingerprint density at radius 2 is 2.33 bits per heavy atom. The predicted octanol–water partition coefficient (Wildman–Crippen LogP) is 1.15. The normalized spacial score (nSPS) is 9.11. The van der Waals surface area contributed by atoms with Crippen molar-refractivity contribution in [1.29, 1.82) is 0 Å². The summed E-state index contributed by atoms with van der Waals surface area (Å²) >= 11 is 0. The molecular weight excluding hydrogens is 114 g/mol. The molecule has 0 aromatic heterocycles. The Hall–Kier alpha value is -0.500. The van der Waals surface area contributed by atoms with Crippen LogP contribution < -0.4 is 5.32 Å². The van der Waals surface area contributed by atoms with Gasteiger partial charge in [0.15, 0.2) is 0 Å². The molecule has 0 fully saturated rings. The van der Waals surface area contributed by atoms with Crippen LogP contribution in [0.1, 0.15) is 13.3 Å². The standard InChI is InChI=1S/C7H15NO/c1-4-8-7(2)5-6-9-3/h8H,2,4-6H2,1,3H3. The van der Waals surface area contributed by atoms with Gasteiger partial charge in [-0.15, -0.1) is 0 Å². The Morgan fingerprint density at radius 1 is 1.67 bits per heavy atom. The van der Waals surface area contributed by atoms with E-state index in [1.165, 1.54) is 0 Å². The van der Waals surface area contributed by atoms with E-state index in [1.54, 1.807) is 7.11 Å². The number of ether oxygens (including phenoxy) is 1. The van der Waals surface area contributed by atoms with Gasteiger partial charge >= 0.3 is 0 Å². The molecule has 0 rings (SSSR count). The van der Waals surface area contributed by atoms with Gasteiger partial charge in [-0.05, 0) is 6.92 Å². The van der Waals surface area contributed by atoms with Crippen LogP contribution in [0.2, 0.25) is 0 Å². The molecule has 0 atom stereocenters. The summed E-state index contributed by atoms with van der Waals surface area (Å²) in [6, 6.07) is 0. The predicted molar refractivity (Wildman–Crippen MR) is 39.3 cm³/mol. The van der Waals surface area contributed by atoms with Crippen molar-refractivity contribution in [2.45, 2.75) is 13.3 Å². The maximum absolute atomic E-state index is 4.86. The molecule has 54 valence electrons. The number of hydrogen-bond donors (Lipinski definition) is 1. The lowest BCUT2D eigenvalue weighted by Gasteiger charge is -2.04. The summed E-state index contributed by atoms with van der Waals surface area (Å²) in [7, 11) is 1.69. The molecule has 0 unspecified atom stereocenters. The van der Waals surface area contributed by atoms with Gasteiger partial charge in [0.05, 0.1) is 6.61 Å². The van der Waals surface area contributed by atoms with Crippen LogP contribution in [0.25, 0.3) is 0 Å². The second-order valence-corrected chi connectivity index (χ2v) is 1.88. The molecule has 0 aliphatic carbocycles. The highest BCUT2D eigenvalue weighted by atomic mass is 16.5. The Bertz CT molecular complexity index is 81.0. The minimum atomic E-state index is 0.756. The molecule has 0 amide bonds. The van der Waals surface area contributed by atoms with Crippen molar-refractivity contribution in [3.05, 3.63) is 12.3 Å². The highest BCUT2D eigenvalue weighted by Gasteiger charge is 1.88. The summed E-state index contributed by atoms with van der Waals surface area (Å²) in [5.74, 6) is 0. The SMILES string of the molecule is C=C(CCOC)NCC. The van der Waals surface area contributed by atoms with Crippen LogP contribution in [0.4, 0.5) is 0 Å². The minimum absolute atomic E-state index is 0.756. The van der Waals surface area contributed by atoms with E-state index in [9.17, 15) is 0 Å². The lowest BCUT2D eigenvalue weighted by Crippen LogP contribution is -2.12. The van der Waals surface area contributed by atoms with E-state index in [0.717, 1.165) is 25.3 Å². The lowest BCUT2D eigenvalue weighted by molar-refractivity contribution is 0.201. The number of hydrogen-bond acceptors (Lipinski definition) is 2. The summed E-state index contributed by atoms with van der Waals surface area (Å²) in [5, 5.41) is 3.11. The van der Waals surface area contributed by atoms with E-state index in [-0.39, 0.29) is 0 Å². The van der Waals surface area contributed by atoms with Crippen molar-refractivity contribution >= 4 is 0 Å². The van der Waals surface area contributed by atoms with Gasteiger partial charge in [-0.2, -0.15) is 0 Å². The van der Waals surface area contributed by atoms with Crippen LogP contribution >= 0.6 is 0 Å². The largest absolute Gasteiger partial charge is 0.389 e. The topological polar surface area (TPSA) is 21.3 Å². The summed E-state index contributed by atoms with van der Waals surface area (Å²) < 4.78 is 4.86. The maximum atomic E-state index is 4.86. The second kappa shape index (κ2) is 5.63. The summed E-state index contributed by atoms with van der Waals surface area (Å²) in [5.41, 5.74) is 1.05. The molecule has 0 radical (unpaired) electrons. The average molecular weight is 129 g/mol. The fourth-order valence-electron chi connectivity index (χ4n) is 0.564. The molecule has 0 aromatic carbocycles. The van der Waals surface area contributed by atoms with Crippen LogP contribution in [0.15, 0.2) is 12.3 Å². The maximum Gasteiger partial charge on any atom is 0.0516 e. The average Bonchev–Trinajstić information content (AvgIpc) is 1.85. The van der Waals surface area contributed by atoms with Crippen molar-refractivity contribution in [1.82, 2.24) is 5.32 Å². The molecule has 0 saturated heterocycles. The van der Waals surface area contributed by atoms with Gasteiger partial charge in [0.2, 0.25) is 0 Å². The Labute approximate surface area is 56.9 Å². The Kier molecular flexibility index (Phi) is 5.32. The number of methoxy groups -OCH3 is 1. The third-order valence-electron chi connectivity index (χ3n) is 1.03. The van der Waals surface area contributed by atoms with Gasteiger partial charge in [-0.1, -0.05) is 6.58 Å². The second-order valence-electron chi connectivity index (χ2n) is 1.88. The molecule has 0 spiro atoms. The van der Waals surface area contributed by atoms with Gasteiger partial charge in [0.25, 0.3) is 0 Å². The van der Waals surface area contributed by atoms with E-state index in [1.807, 2.05) is 0 Å². The first-order valence-electron chi connectivity index (χ1n) is 3.21. The van der Waals surface area contributed by atoms with E-state index >= 15 is 0 Å². The first kappa shape index (κ1) is 8.50. The van der Waals surface area contributed by atoms with Crippen molar-refractivity contribution < 1.29 is 4.74 Å². The smallest absolute Gasteiger partial charge is 0.0516 e. The quantitative estimate of drug-likeness (QED) is 0.601. The van der Waals surface area contributed by atoms with E-state index in [4.69, 9.17) is 4.74 Å². The third-order valence-corrected chi connectivity index (χ3v) is 1.03. The van der Waals surface area contributed by atoms with Crippen molar-refractivity contribution in [2.24, 2.45) is 0 Å². The van der Waals surface area contributed by atoms with Crippen molar-refractivity contribution in [3.63, 3.8) is 0 Å². The molecule has 2 heteroatoms. The van der Waals surface area contributed by atoms with Crippen LogP contribution in [-0.2, 0) is 4.74 Å². The zero-order chi connectivity index (χ0) is 7.11. The van der Waals surface area contributed by atoms with E-state index < -0.39 is 0 Å². The van der Waals surface area contributed by atoms with E-state index in [2.05, 4.69) is 18.8 Å². The van der Waals surface area contributed by atoms with Crippen molar-refractivity contribution in [3.8, 4) is 0 Å². The molecule has 0 saturated carbocycles. The van der Waals surface area contributed by atoms with Crippen LogP contribution in [0, 0.1) is 0 Å². The number of rotatable bonds is 5. The summed E-state index contributed by atoms with van der Waals surface area (Å²) in [6.07, 6.45) is 0.907. The molecule has 1 N–H and O–H groups in total. The fourth-order valence-corrected chi connectivity index (χ4v) is 0.564. The zero-order valence-corrected chi connectivity index (χ0v) is 6.24. The monoisotopic (exact) mass is 129 g/mol. The molecule has 0 bridgehead atoms. The van der Waals surface area contributed by atoms with Gasteiger partial charge < -0.3 is 10.1 Å². The summed E-state index contributed by atoms with van der Waals surface area (Å²) in [4.78, 5) is 0. The third kappa shape index (κ3) is 5.37. The molecule has 0 heterocycles. The first-order chi connectivity index (χ1) is 4.31. The number of nitrogens with one attached hydrogen (secondary N) is 1. The molecule has 2 nitrogen and oxygen atoms in total. The molecular formula is C7H15NO. The first-order valence-corrected chi connectivity index (χ1v) is 3.21. The van der Waals surface area contributed by atoms with Gasteiger partial charge in [0.1, 0.15) is 0 Å². The summed E-state index contributed by atoms with van der Waals surface area (Å²) in [6.45, 7) is 7.55. The fraction of sp³-hybridized carbons (Fsp3) is 0.714. The Balaban J connectivity index is 3.06. The highest BCUT2D eigenvalue weighted by Crippen LogP contribution is 1.90. The van der Waals surface area contributed by atoms with Crippen LogP contribution in [-0.4, -0.2) is 20.3 Å². The van der Waals surface area contributed by atoms with Crippen LogP contribution in [0.5, 0.6) is 0 Å². The molecule has 9 heavy (non-hydrogen) atoms. The lowest BCUT2D eigenvalue weighted by atomic mass is 10.3. The molecule has 0 aliphatic rings. The van der Waals surface area contributed by atoms with Crippen molar-refractivity contribution in [2.75, 3.05) is 20.3 Å². The minimum Gasteiger partial charge on any atom is -0.389 e.